The molecule has 1 atom stereocenters. The van der Waals surface area contributed by atoms with Crippen molar-refractivity contribution in [3.8, 4) is 0 Å². The number of anilines is 1. The van der Waals surface area contributed by atoms with Crippen molar-refractivity contribution in [1.29, 1.82) is 0 Å². The Morgan fingerprint density at radius 2 is 1.57 bits per heavy atom. The molecule has 30 heavy (non-hydrogen) atoms. The Kier molecular flexibility index (Phi) is 5.33. The molecule has 1 heterocycles. The van der Waals surface area contributed by atoms with Crippen LogP contribution in [0.25, 0.3) is 5.76 Å². The summed E-state index contributed by atoms with van der Waals surface area (Å²) in [6, 6.07) is 17.2. The van der Waals surface area contributed by atoms with Gasteiger partial charge in [-0.1, -0.05) is 47.5 Å². The Hall–Kier alpha value is -3.15. The van der Waals surface area contributed by atoms with Gasteiger partial charge in [-0.3, -0.25) is 14.5 Å². The van der Waals surface area contributed by atoms with Gasteiger partial charge in [0.25, 0.3) is 11.7 Å². The molecule has 1 saturated heterocycles. The van der Waals surface area contributed by atoms with E-state index in [-0.39, 0.29) is 11.3 Å². The predicted octanol–water partition coefficient (Wildman–Crippen LogP) is 5.76. The number of Topliss-reactive ketones (excluding diaryl/α,β-unsaturated/α-hetero) is 1. The molecule has 0 bridgehead atoms. The smallest absolute Gasteiger partial charge is 0.300 e. The minimum absolute atomic E-state index is 0.0890. The zero-order chi connectivity index (χ0) is 21.4. The Morgan fingerprint density at radius 1 is 0.900 bits per heavy atom. The molecule has 0 saturated carbocycles. The molecule has 4 rings (SSSR count). The van der Waals surface area contributed by atoms with Gasteiger partial charge in [0, 0.05) is 21.3 Å². The Balaban J connectivity index is 1.95. The maximum absolute atomic E-state index is 13.4. The quantitative estimate of drug-likeness (QED) is 0.319. The van der Waals surface area contributed by atoms with Crippen LogP contribution in [0.15, 0.2) is 78.4 Å². The van der Waals surface area contributed by atoms with Crippen LogP contribution >= 0.6 is 23.2 Å². The number of hydrogen-bond donors (Lipinski definition) is 1. The maximum Gasteiger partial charge on any atom is 0.300 e. The fourth-order valence-electron chi connectivity index (χ4n) is 3.45. The third-order valence-corrected chi connectivity index (χ3v) is 5.32. The number of benzene rings is 3. The van der Waals surface area contributed by atoms with Crippen molar-refractivity contribution in [2.45, 2.75) is 6.04 Å². The molecule has 1 fully saturated rings. The second-order valence-corrected chi connectivity index (χ2v) is 7.58. The molecule has 0 spiro atoms. The van der Waals surface area contributed by atoms with Gasteiger partial charge < -0.3 is 5.11 Å². The van der Waals surface area contributed by atoms with Crippen LogP contribution < -0.4 is 4.90 Å². The molecule has 0 aromatic heterocycles. The van der Waals surface area contributed by atoms with E-state index in [0.717, 1.165) is 0 Å². The second kappa shape index (κ2) is 7.94. The predicted molar refractivity (Wildman–Crippen MR) is 114 cm³/mol. The summed E-state index contributed by atoms with van der Waals surface area (Å²) in [7, 11) is 0. The summed E-state index contributed by atoms with van der Waals surface area (Å²) in [5.74, 6) is -2.50. The van der Waals surface area contributed by atoms with Crippen LogP contribution in [0.1, 0.15) is 17.2 Å². The van der Waals surface area contributed by atoms with E-state index in [1.165, 1.54) is 35.2 Å². The summed E-state index contributed by atoms with van der Waals surface area (Å²) < 4.78 is 13.4. The van der Waals surface area contributed by atoms with Gasteiger partial charge >= 0.3 is 0 Å². The molecule has 1 N–H and O–H groups in total. The van der Waals surface area contributed by atoms with Gasteiger partial charge in [-0.25, -0.2) is 4.39 Å². The van der Waals surface area contributed by atoms with E-state index in [1.54, 1.807) is 42.5 Å². The van der Waals surface area contributed by atoms with Crippen LogP contribution in [-0.2, 0) is 9.59 Å². The van der Waals surface area contributed by atoms with Crippen molar-refractivity contribution in [2.24, 2.45) is 0 Å². The largest absolute Gasteiger partial charge is 0.507 e. The van der Waals surface area contributed by atoms with Gasteiger partial charge in [-0.05, 0) is 54.1 Å². The van der Waals surface area contributed by atoms with Gasteiger partial charge in [0.2, 0.25) is 0 Å². The molecule has 0 aliphatic carbocycles. The van der Waals surface area contributed by atoms with E-state index in [4.69, 9.17) is 23.2 Å². The molecule has 0 radical (unpaired) electrons. The molecule has 3 aromatic carbocycles. The van der Waals surface area contributed by atoms with E-state index >= 15 is 0 Å². The summed E-state index contributed by atoms with van der Waals surface area (Å²) in [4.78, 5) is 27.1. The number of amides is 1. The highest BCUT2D eigenvalue weighted by molar-refractivity contribution is 6.51. The number of aliphatic hydroxyl groups excluding tert-OH is 1. The lowest BCUT2D eigenvalue weighted by atomic mass is 9.95. The molecule has 7 heteroatoms. The van der Waals surface area contributed by atoms with E-state index in [2.05, 4.69) is 0 Å². The lowest BCUT2D eigenvalue weighted by Crippen LogP contribution is -2.29. The van der Waals surface area contributed by atoms with Crippen LogP contribution in [0.2, 0.25) is 10.0 Å². The SMILES string of the molecule is O=C1C(=O)N(c2ccc(F)cc2)C(c2ccc(Cl)cc2)/C1=C(/O)c1cccc(Cl)c1. The molecule has 1 aliphatic rings. The number of aliphatic hydroxyl groups is 1. The monoisotopic (exact) mass is 441 g/mol. The number of hydrogen-bond acceptors (Lipinski definition) is 3. The van der Waals surface area contributed by atoms with Crippen LogP contribution in [0.4, 0.5) is 10.1 Å². The minimum Gasteiger partial charge on any atom is -0.507 e. The number of halogens is 3. The van der Waals surface area contributed by atoms with Crippen molar-refractivity contribution in [2.75, 3.05) is 4.90 Å². The number of rotatable bonds is 3. The van der Waals surface area contributed by atoms with Gasteiger partial charge in [0.05, 0.1) is 11.6 Å². The lowest BCUT2D eigenvalue weighted by molar-refractivity contribution is -0.132. The Morgan fingerprint density at radius 3 is 2.20 bits per heavy atom. The molecule has 150 valence electrons. The first-order valence-electron chi connectivity index (χ1n) is 8.95. The topological polar surface area (TPSA) is 57.6 Å². The standard InChI is InChI=1S/C23H14Cl2FNO3/c24-15-6-4-13(5-7-15)20-19(21(28)14-2-1-3-16(25)12-14)22(29)23(30)27(20)18-10-8-17(26)9-11-18/h1-12,20,28H/b21-19-. The van der Waals surface area contributed by atoms with E-state index in [9.17, 15) is 19.1 Å². The van der Waals surface area contributed by atoms with Gasteiger partial charge in [0.1, 0.15) is 11.6 Å². The van der Waals surface area contributed by atoms with Gasteiger partial charge in [-0.15, -0.1) is 0 Å². The number of ketones is 1. The average molecular weight is 442 g/mol. The molecule has 1 unspecified atom stereocenters. The summed E-state index contributed by atoms with van der Waals surface area (Å²) in [5.41, 5.74) is 1.10. The molecule has 1 amide bonds. The van der Waals surface area contributed by atoms with Crippen LogP contribution in [0, 0.1) is 5.82 Å². The highest BCUT2D eigenvalue weighted by Gasteiger charge is 2.46. The normalized spacial score (nSPS) is 18.1. The van der Waals surface area contributed by atoms with E-state index < -0.39 is 23.5 Å². The lowest BCUT2D eigenvalue weighted by Gasteiger charge is -2.25. The van der Waals surface area contributed by atoms with Crippen LogP contribution in [0.3, 0.4) is 0 Å². The average Bonchev–Trinajstić information content (AvgIpc) is 3.00. The van der Waals surface area contributed by atoms with Crippen molar-refractivity contribution < 1.29 is 19.1 Å². The van der Waals surface area contributed by atoms with Crippen molar-refractivity contribution >= 4 is 46.3 Å². The van der Waals surface area contributed by atoms with Crippen molar-refractivity contribution in [3.63, 3.8) is 0 Å². The number of carbonyl (C=O) groups excluding carboxylic acids is 2. The third-order valence-electron chi connectivity index (χ3n) is 4.83. The first-order chi connectivity index (χ1) is 14.4. The van der Waals surface area contributed by atoms with E-state index in [0.29, 0.717) is 26.9 Å². The molecular weight excluding hydrogens is 428 g/mol. The fourth-order valence-corrected chi connectivity index (χ4v) is 3.77. The first-order valence-corrected chi connectivity index (χ1v) is 9.70. The summed E-state index contributed by atoms with van der Waals surface area (Å²) in [5, 5.41) is 11.8. The summed E-state index contributed by atoms with van der Waals surface area (Å²) in [6.07, 6.45) is 0. The fraction of sp³-hybridized carbons (Fsp3) is 0.0435. The molecule has 4 nitrogen and oxygen atoms in total. The van der Waals surface area contributed by atoms with Crippen molar-refractivity contribution in [1.82, 2.24) is 0 Å². The maximum atomic E-state index is 13.4. The Bertz CT molecular complexity index is 1170. The molecule has 3 aromatic rings. The van der Waals surface area contributed by atoms with Gasteiger partial charge in [-0.2, -0.15) is 0 Å². The van der Waals surface area contributed by atoms with Crippen molar-refractivity contribution in [3.05, 3.63) is 105 Å². The van der Waals surface area contributed by atoms with Crippen LogP contribution in [-0.4, -0.2) is 16.8 Å². The highest BCUT2D eigenvalue weighted by Crippen LogP contribution is 2.42. The van der Waals surface area contributed by atoms with Crippen LogP contribution in [0.5, 0.6) is 0 Å². The summed E-state index contributed by atoms with van der Waals surface area (Å²) >= 11 is 12.0. The zero-order valence-corrected chi connectivity index (χ0v) is 16.9. The second-order valence-electron chi connectivity index (χ2n) is 6.71. The Labute approximate surface area is 181 Å². The molecular formula is C23H14Cl2FNO3. The zero-order valence-electron chi connectivity index (χ0n) is 15.4. The number of nitrogens with zero attached hydrogens (tertiary/aromatic N) is 1. The molecule has 1 aliphatic heterocycles. The first kappa shape index (κ1) is 20.1. The van der Waals surface area contributed by atoms with Gasteiger partial charge in [0.15, 0.2) is 0 Å². The highest BCUT2D eigenvalue weighted by atomic mass is 35.5. The third kappa shape index (κ3) is 3.58. The minimum atomic E-state index is -0.924. The summed E-state index contributed by atoms with van der Waals surface area (Å²) in [6.45, 7) is 0. The van der Waals surface area contributed by atoms with E-state index in [1.807, 2.05) is 0 Å². The number of carbonyl (C=O) groups is 2.